The second kappa shape index (κ2) is 19.1. The highest BCUT2D eigenvalue weighted by Crippen LogP contribution is 2.16. The molecule has 0 aliphatic carbocycles. The Hall–Kier alpha value is -1.02. The van der Waals surface area contributed by atoms with Crippen LogP contribution in [0.15, 0.2) is 30.3 Å². The minimum absolute atomic E-state index is 0. The summed E-state index contributed by atoms with van der Waals surface area (Å²) < 4.78 is 11.7. The summed E-state index contributed by atoms with van der Waals surface area (Å²) in [6.45, 7) is 24.6. The van der Waals surface area contributed by atoms with Gasteiger partial charge in [-0.1, -0.05) is 72.9 Å². The summed E-state index contributed by atoms with van der Waals surface area (Å²) in [7, 11) is 0. The maximum Gasteiger partial charge on any atom is 0.0829 e. The molecular formula is C29H58N4O2. The number of benzene rings is 1. The first-order valence-corrected chi connectivity index (χ1v) is 13.2. The lowest BCUT2D eigenvalue weighted by molar-refractivity contribution is -0.0719. The normalized spacial score (nSPS) is 24.8. The van der Waals surface area contributed by atoms with Gasteiger partial charge in [0.2, 0.25) is 0 Å². The lowest BCUT2D eigenvalue weighted by atomic mass is 10.1. The van der Waals surface area contributed by atoms with Crippen molar-refractivity contribution in [3.05, 3.63) is 35.9 Å². The van der Waals surface area contributed by atoms with Gasteiger partial charge in [-0.15, -0.1) is 0 Å². The van der Waals surface area contributed by atoms with E-state index in [0.29, 0.717) is 24.3 Å². The van der Waals surface area contributed by atoms with Crippen molar-refractivity contribution < 1.29 is 9.47 Å². The monoisotopic (exact) mass is 494 g/mol. The smallest absolute Gasteiger partial charge is 0.0829 e. The maximum absolute atomic E-state index is 6.01. The van der Waals surface area contributed by atoms with Gasteiger partial charge in [0.05, 0.1) is 25.4 Å². The first-order chi connectivity index (χ1) is 16.0. The van der Waals surface area contributed by atoms with E-state index in [1.54, 1.807) is 0 Å². The molecule has 206 valence electrons. The number of nitrogens with one attached hydrogen (secondary N) is 1. The predicted octanol–water partition coefficient (Wildman–Crippen LogP) is 4.60. The third-order valence-corrected chi connectivity index (χ3v) is 6.85. The lowest BCUT2D eigenvalue weighted by Crippen LogP contribution is -2.51. The highest BCUT2D eigenvalue weighted by Gasteiger charge is 2.27. The molecule has 0 unspecified atom stereocenters. The quantitative estimate of drug-likeness (QED) is 0.513. The summed E-state index contributed by atoms with van der Waals surface area (Å²) in [5.41, 5.74) is 1.39. The van der Waals surface area contributed by atoms with Crippen LogP contribution in [0.1, 0.15) is 62.0 Å². The number of likely N-dealkylation sites (N-methyl/N-ethyl adjacent to an activating group) is 2. The summed E-state index contributed by atoms with van der Waals surface area (Å²) in [6, 6.07) is 11.8. The molecule has 2 fully saturated rings. The van der Waals surface area contributed by atoms with Crippen molar-refractivity contribution in [3.8, 4) is 0 Å². The summed E-state index contributed by atoms with van der Waals surface area (Å²) >= 11 is 0. The molecular weight excluding hydrogens is 436 g/mol. The Morgan fingerprint density at radius 1 is 0.829 bits per heavy atom. The zero-order valence-corrected chi connectivity index (χ0v) is 22.1. The van der Waals surface area contributed by atoms with Gasteiger partial charge in [-0.05, 0) is 45.6 Å². The van der Waals surface area contributed by atoms with Gasteiger partial charge < -0.3 is 24.6 Å². The third-order valence-electron chi connectivity index (χ3n) is 6.85. The molecule has 6 nitrogen and oxygen atoms in total. The van der Waals surface area contributed by atoms with E-state index in [1.165, 1.54) is 5.56 Å². The second-order valence-corrected chi connectivity index (χ2v) is 9.46. The number of ether oxygens (including phenoxy) is 2. The van der Waals surface area contributed by atoms with E-state index in [2.05, 4.69) is 91.9 Å². The second-order valence-electron chi connectivity index (χ2n) is 9.46. The molecule has 0 spiro atoms. The maximum atomic E-state index is 6.01. The summed E-state index contributed by atoms with van der Waals surface area (Å²) in [5.74, 6) is 0. The van der Waals surface area contributed by atoms with E-state index >= 15 is 0 Å². The van der Waals surface area contributed by atoms with Crippen LogP contribution in [-0.4, -0.2) is 105 Å². The molecule has 0 saturated carbocycles. The SMILES string of the molecule is C.C.CCN(CC)C[C@@H]1CN(Cc2ccccc2)[C@@H](C)CO1.CCN(CC)C[C@@H]1CN[C@@H](C)CO1. The van der Waals surface area contributed by atoms with Gasteiger partial charge >= 0.3 is 0 Å². The molecule has 3 rings (SSSR count). The van der Waals surface area contributed by atoms with Crippen molar-refractivity contribution >= 4 is 0 Å². The fourth-order valence-electron chi connectivity index (χ4n) is 4.41. The molecule has 0 radical (unpaired) electrons. The minimum atomic E-state index is 0. The van der Waals surface area contributed by atoms with E-state index < -0.39 is 0 Å². The van der Waals surface area contributed by atoms with Crippen molar-refractivity contribution in [2.24, 2.45) is 0 Å². The first kappa shape index (κ1) is 34.0. The molecule has 0 amide bonds. The van der Waals surface area contributed by atoms with Crippen molar-refractivity contribution in [3.63, 3.8) is 0 Å². The van der Waals surface area contributed by atoms with Crippen molar-refractivity contribution in [1.29, 1.82) is 0 Å². The molecule has 1 aromatic carbocycles. The Labute approximate surface area is 218 Å². The predicted molar refractivity (Wildman–Crippen MR) is 152 cm³/mol. The van der Waals surface area contributed by atoms with Gasteiger partial charge in [-0.2, -0.15) is 0 Å². The Morgan fingerprint density at radius 2 is 1.37 bits per heavy atom. The molecule has 2 heterocycles. The van der Waals surface area contributed by atoms with E-state index in [4.69, 9.17) is 9.47 Å². The van der Waals surface area contributed by atoms with Crippen LogP contribution in [0.5, 0.6) is 0 Å². The van der Waals surface area contributed by atoms with Crippen molar-refractivity contribution in [2.75, 3.05) is 65.6 Å². The lowest BCUT2D eigenvalue weighted by Gasteiger charge is -2.39. The van der Waals surface area contributed by atoms with E-state index in [0.717, 1.165) is 72.1 Å². The van der Waals surface area contributed by atoms with Crippen molar-refractivity contribution in [2.45, 2.75) is 87.2 Å². The van der Waals surface area contributed by atoms with Crippen LogP contribution in [-0.2, 0) is 16.0 Å². The van der Waals surface area contributed by atoms with Crippen LogP contribution >= 0.6 is 0 Å². The Kier molecular flexibility index (Phi) is 18.6. The first-order valence-electron chi connectivity index (χ1n) is 13.2. The van der Waals surface area contributed by atoms with E-state index in [-0.39, 0.29) is 14.9 Å². The van der Waals surface area contributed by atoms with Crippen LogP contribution in [0.2, 0.25) is 0 Å². The van der Waals surface area contributed by atoms with Crippen molar-refractivity contribution in [1.82, 2.24) is 20.0 Å². The van der Waals surface area contributed by atoms with Crippen LogP contribution in [0.4, 0.5) is 0 Å². The average molecular weight is 495 g/mol. The fourth-order valence-corrected chi connectivity index (χ4v) is 4.41. The Bertz CT molecular complexity index is 602. The molecule has 1 N–H and O–H groups in total. The number of rotatable bonds is 10. The zero-order valence-electron chi connectivity index (χ0n) is 22.1. The van der Waals surface area contributed by atoms with Gasteiger partial charge in [0, 0.05) is 44.8 Å². The molecule has 2 saturated heterocycles. The highest BCUT2D eigenvalue weighted by atomic mass is 16.5. The van der Waals surface area contributed by atoms with Crippen LogP contribution in [0, 0.1) is 0 Å². The van der Waals surface area contributed by atoms with Crippen LogP contribution < -0.4 is 5.32 Å². The zero-order chi connectivity index (χ0) is 24.1. The van der Waals surface area contributed by atoms with Gasteiger partial charge in [0.15, 0.2) is 0 Å². The number of nitrogens with zero attached hydrogens (tertiary/aromatic N) is 3. The molecule has 4 atom stereocenters. The average Bonchev–Trinajstić information content (AvgIpc) is 2.85. The molecule has 2 aliphatic rings. The van der Waals surface area contributed by atoms with E-state index in [9.17, 15) is 0 Å². The largest absolute Gasteiger partial charge is 0.374 e. The number of morpholine rings is 2. The topological polar surface area (TPSA) is 40.2 Å². The molecule has 2 aliphatic heterocycles. The summed E-state index contributed by atoms with van der Waals surface area (Å²) in [6.07, 6.45) is 0.728. The highest BCUT2D eigenvalue weighted by molar-refractivity contribution is 5.14. The molecule has 0 bridgehead atoms. The standard InChI is InChI=1S/C17H28N2O.C10H22N2O.2CH4/c1-4-18(5-2)12-17-13-19(15(3)14-20-17)11-16-9-7-6-8-10-16;1-4-12(5-2)7-10-6-11-9(3)8-13-10;;/h6-10,15,17H,4-5,11-14H2,1-3H3;9-11H,4-8H2,1-3H3;2*1H4/t15-,17+;9-,10-;;/m00../s1. The van der Waals surface area contributed by atoms with Crippen LogP contribution in [0.3, 0.4) is 0 Å². The third kappa shape index (κ3) is 12.7. The Morgan fingerprint density at radius 3 is 1.89 bits per heavy atom. The molecule has 35 heavy (non-hydrogen) atoms. The number of hydrogen-bond donors (Lipinski definition) is 1. The van der Waals surface area contributed by atoms with Gasteiger partial charge in [0.1, 0.15) is 0 Å². The summed E-state index contributed by atoms with van der Waals surface area (Å²) in [5, 5.41) is 3.43. The fraction of sp³-hybridized carbons (Fsp3) is 0.793. The van der Waals surface area contributed by atoms with Gasteiger partial charge in [0.25, 0.3) is 0 Å². The minimum Gasteiger partial charge on any atom is -0.374 e. The molecule has 1 aromatic rings. The van der Waals surface area contributed by atoms with Crippen LogP contribution in [0.25, 0.3) is 0 Å². The molecule has 0 aromatic heterocycles. The summed E-state index contributed by atoms with van der Waals surface area (Å²) in [4.78, 5) is 7.40. The number of hydrogen-bond acceptors (Lipinski definition) is 6. The molecule has 6 heteroatoms. The van der Waals surface area contributed by atoms with E-state index in [1.807, 2.05) is 0 Å². The van der Waals surface area contributed by atoms with Gasteiger partial charge in [-0.25, -0.2) is 0 Å². The van der Waals surface area contributed by atoms with Gasteiger partial charge in [-0.3, -0.25) is 4.90 Å². The Balaban J connectivity index is 0.000000677.